The molecule has 0 bridgehead atoms. The van der Waals surface area contributed by atoms with E-state index in [-0.39, 0.29) is 0 Å². The van der Waals surface area contributed by atoms with Crippen molar-refractivity contribution in [1.29, 1.82) is 0 Å². The van der Waals surface area contributed by atoms with E-state index in [4.69, 9.17) is 4.74 Å². The summed E-state index contributed by atoms with van der Waals surface area (Å²) >= 11 is 0. The molecule has 21 heavy (non-hydrogen) atoms. The highest BCUT2D eigenvalue weighted by atomic mass is 16.5. The van der Waals surface area contributed by atoms with E-state index in [1.807, 2.05) is 12.1 Å². The van der Waals surface area contributed by atoms with Crippen LogP contribution in [0.3, 0.4) is 0 Å². The van der Waals surface area contributed by atoms with Crippen molar-refractivity contribution in [3.63, 3.8) is 0 Å². The lowest BCUT2D eigenvalue weighted by Gasteiger charge is -2.23. The normalized spacial score (nSPS) is 13.7. The van der Waals surface area contributed by atoms with Crippen LogP contribution in [0.25, 0.3) is 0 Å². The molecule has 0 spiro atoms. The third kappa shape index (κ3) is 4.61. The Morgan fingerprint density at radius 1 is 1.00 bits per heavy atom. The second kappa shape index (κ2) is 7.84. The molecular formula is C19H25NO. The highest BCUT2D eigenvalue weighted by Crippen LogP contribution is 2.21. The maximum Gasteiger partial charge on any atom is 0.118 e. The third-order valence-electron chi connectivity index (χ3n) is 3.80. The van der Waals surface area contributed by atoms with E-state index in [0.717, 1.165) is 18.6 Å². The fraction of sp³-hybridized carbons (Fsp3) is 0.368. The molecule has 112 valence electrons. The number of hydrogen-bond donors (Lipinski definition) is 1. The van der Waals surface area contributed by atoms with Crippen LogP contribution in [0.2, 0.25) is 0 Å². The Morgan fingerprint density at radius 3 is 2.24 bits per heavy atom. The Hall–Kier alpha value is -1.80. The Bertz CT molecular complexity index is 521. The van der Waals surface area contributed by atoms with Crippen molar-refractivity contribution in [3.05, 3.63) is 65.7 Å². The fourth-order valence-corrected chi connectivity index (χ4v) is 2.66. The average Bonchev–Trinajstić information content (AvgIpc) is 2.53. The SMILES string of the molecule is CCC(NC(C)Cc1ccccc1)c1ccc(OC)cc1. The molecule has 2 rings (SSSR count). The molecule has 2 aromatic rings. The van der Waals surface area contributed by atoms with Gasteiger partial charge in [-0.2, -0.15) is 0 Å². The first kappa shape index (κ1) is 15.6. The van der Waals surface area contributed by atoms with Gasteiger partial charge in [0, 0.05) is 12.1 Å². The van der Waals surface area contributed by atoms with Gasteiger partial charge in [0.2, 0.25) is 0 Å². The summed E-state index contributed by atoms with van der Waals surface area (Å²) in [7, 11) is 1.70. The second-order valence-electron chi connectivity index (χ2n) is 5.49. The van der Waals surface area contributed by atoms with E-state index in [2.05, 4.69) is 61.6 Å². The number of rotatable bonds is 7. The molecule has 0 aromatic heterocycles. The molecule has 0 aliphatic rings. The molecule has 1 N–H and O–H groups in total. The standard InChI is InChI=1S/C19H25NO/c1-4-19(17-10-12-18(21-3)13-11-17)20-15(2)14-16-8-6-5-7-9-16/h5-13,15,19-20H,4,14H2,1-3H3. The minimum absolute atomic E-state index is 0.384. The average molecular weight is 283 g/mol. The minimum atomic E-state index is 0.384. The van der Waals surface area contributed by atoms with Gasteiger partial charge in [-0.25, -0.2) is 0 Å². The number of methoxy groups -OCH3 is 1. The highest BCUT2D eigenvalue weighted by Gasteiger charge is 2.13. The van der Waals surface area contributed by atoms with Gasteiger partial charge in [-0.1, -0.05) is 49.4 Å². The van der Waals surface area contributed by atoms with Crippen LogP contribution in [-0.2, 0) is 6.42 Å². The fourth-order valence-electron chi connectivity index (χ4n) is 2.66. The van der Waals surface area contributed by atoms with Gasteiger partial charge in [-0.15, -0.1) is 0 Å². The molecule has 0 aliphatic carbocycles. The van der Waals surface area contributed by atoms with Crippen LogP contribution >= 0.6 is 0 Å². The van der Waals surface area contributed by atoms with Crippen LogP contribution in [0, 0.1) is 0 Å². The summed E-state index contributed by atoms with van der Waals surface area (Å²) in [6.45, 7) is 4.47. The van der Waals surface area contributed by atoms with Crippen LogP contribution in [-0.4, -0.2) is 13.2 Å². The van der Waals surface area contributed by atoms with Gasteiger partial charge in [-0.3, -0.25) is 0 Å². The highest BCUT2D eigenvalue weighted by molar-refractivity contribution is 5.29. The topological polar surface area (TPSA) is 21.3 Å². The molecule has 0 heterocycles. The minimum Gasteiger partial charge on any atom is -0.497 e. The Labute approximate surface area is 128 Å². The van der Waals surface area contributed by atoms with E-state index < -0.39 is 0 Å². The first-order chi connectivity index (χ1) is 10.2. The van der Waals surface area contributed by atoms with Gasteiger partial charge >= 0.3 is 0 Å². The molecule has 2 atom stereocenters. The largest absolute Gasteiger partial charge is 0.497 e. The first-order valence-electron chi connectivity index (χ1n) is 7.66. The lowest BCUT2D eigenvalue weighted by Crippen LogP contribution is -2.31. The van der Waals surface area contributed by atoms with Crippen molar-refractivity contribution in [3.8, 4) is 5.75 Å². The van der Waals surface area contributed by atoms with Crippen LogP contribution < -0.4 is 10.1 Å². The van der Waals surface area contributed by atoms with Crippen molar-refractivity contribution in [2.75, 3.05) is 7.11 Å². The molecule has 0 amide bonds. The van der Waals surface area contributed by atoms with Crippen LogP contribution in [0.5, 0.6) is 5.75 Å². The maximum atomic E-state index is 5.22. The number of ether oxygens (including phenoxy) is 1. The van der Waals surface area contributed by atoms with Crippen molar-refractivity contribution in [2.45, 2.75) is 38.8 Å². The van der Waals surface area contributed by atoms with Crippen LogP contribution in [0.1, 0.15) is 37.4 Å². The zero-order valence-corrected chi connectivity index (χ0v) is 13.2. The first-order valence-corrected chi connectivity index (χ1v) is 7.66. The van der Waals surface area contributed by atoms with E-state index >= 15 is 0 Å². The zero-order chi connectivity index (χ0) is 15.1. The summed E-state index contributed by atoms with van der Waals surface area (Å²) in [5.74, 6) is 0.908. The van der Waals surface area contributed by atoms with Crippen molar-refractivity contribution in [2.24, 2.45) is 0 Å². The molecular weight excluding hydrogens is 258 g/mol. The lowest BCUT2D eigenvalue weighted by atomic mass is 10.0. The van der Waals surface area contributed by atoms with Crippen molar-refractivity contribution in [1.82, 2.24) is 5.32 Å². The van der Waals surface area contributed by atoms with Gasteiger partial charge in [-0.05, 0) is 43.0 Å². The van der Waals surface area contributed by atoms with Crippen LogP contribution in [0.15, 0.2) is 54.6 Å². The molecule has 2 unspecified atom stereocenters. The summed E-state index contributed by atoms with van der Waals surface area (Å²) in [6, 6.07) is 19.8. The molecule has 2 nitrogen and oxygen atoms in total. The van der Waals surface area contributed by atoms with Crippen molar-refractivity contribution >= 4 is 0 Å². The number of benzene rings is 2. The van der Waals surface area contributed by atoms with Crippen LogP contribution in [0.4, 0.5) is 0 Å². The monoisotopic (exact) mass is 283 g/mol. The summed E-state index contributed by atoms with van der Waals surface area (Å²) < 4.78 is 5.22. The van der Waals surface area contributed by atoms with Gasteiger partial charge < -0.3 is 10.1 Å². The zero-order valence-electron chi connectivity index (χ0n) is 13.2. The van der Waals surface area contributed by atoms with Crippen molar-refractivity contribution < 1.29 is 4.74 Å². The third-order valence-corrected chi connectivity index (χ3v) is 3.80. The van der Waals surface area contributed by atoms with E-state index in [9.17, 15) is 0 Å². The molecule has 0 radical (unpaired) electrons. The van der Waals surface area contributed by atoms with Gasteiger partial charge in [0.1, 0.15) is 5.75 Å². The van der Waals surface area contributed by atoms with Gasteiger partial charge in [0.05, 0.1) is 7.11 Å². The predicted molar refractivity (Wildman–Crippen MR) is 88.8 cm³/mol. The maximum absolute atomic E-state index is 5.22. The number of hydrogen-bond acceptors (Lipinski definition) is 2. The van der Waals surface area contributed by atoms with Gasteiger partial charge in [0.25, 0.3) is 0 Å². The summed E-state index contributed by atoms with van der Waals surface area (Å²) in [6.07, 6.45) is 2.12. The summed E-state index contributed by atoms with van der Waals surface area (Å²) in [5.41, 5.74) is 2.69. The van der Waals surface area contributed by atoms with E-state index in [1.54, 1.807) is 7.11 Å². The molecule has 0 fully saturated rings. The predicted octanol–water partition coefficient (Wildman–Crippen LogP) is 4.37. The summed E-state index contributed by atoms with van der Waals surface area (Å²) in [4.78, 5) is 0. The van der Waals surface area contributed by atoms with E-state index in [0.29, 0.717) is 12.1 Å². The Kier molecular flexibility index (Phi) is 5.82. The Balaban J connectivity index is 1.97. The molecule has 0 saturated heterocycles. The van der Waals surface area contributed by atoms with E-state index in [1.165, 1.54) is 11.1 Å². The summed E-state index contributed by atoms with van der Waals surface area (Å²) in [5, 5.41) is 3.73. The molecule has 0 aliphatic heterocycles. The number of nitrogens with one attached hydrogen (secondary N) is 1. The second-order valence-corrected chi connectivity index (χ2v) is 5.49. The Morgan fingerprint density at radius 2 is 1.67 bits per heavy atom. The lowest BCUT2D eigenvalue weighted by molar-refractivity contribution is 0.413. The molecule has 0 saturated carbocycles. The molecule has 2 aromatic carbocycles. The van der Waals surface area contributed by atoms with Gasteiger partial charge in [0.15, 0.2) is 0 Å². The molecule has 2 heteroatoms. The smallest absolute Gasteiger partial charge is 0.118 e. The quantitative estimate of drug-likeness (QED) is 0.815.